The first-order valence-corrected chi connectivity index (χ1v) is 13.2. The molecule has 1 aromatic carbocycles. The van der Waals surface area contributed by atoms with Gasteiger partial charge in [-0.1, -0.05) is 26.0 Å². The van der Waals surface area contributed by atoms with Gasteiger partial charge < -0.3 is 15.1 Å². The van der Waals surface area contributed by atoms with E-state index in [2.05, 4.69) is 65.8 Å². The lowest BCUT2D eigenvalue weighted by molar-refractivity contribution is 0.313. The molecule has 6 rings (SSSR count). The van der Waals surface area contributed by atoms with Crippen LogP contribution in [0.15, 0.2) is 60.0 Å². The number of benzene rings is 1. The van der Waals surface area contributed by atoms with E-state index in [-0.39, 0.29) is 11.0 Å². The molecule has 0 atom stereocenters. The average molecular weight is 511 g/mol. The average Bonchev–Trinajstić information content (AvgIpc) is 3.37. The molecule has 9 heteroatoms. The molecule has 0 saturated carbocycles. The second-order valence-corrected chi connectivity index (χ2v) is 10.9. The molecule has 1 aliphatic heterocycles. The largest absolute Gasteiger partial charge is 0.369 e. The molecule has 0 amide bonds. The Morgan fingerprint density at radius 3 is 2.55 bits per heavy atom. The van der Waals surface area contributed by atoms with E-state index in [4.69, 9.17) is 9.97 Å². The van der Waals surface area contributed by atoms with E-state index in [0.29, 0.717) is 29.3 Å². The minimum atomic E-state index is -0.162. The molecule has 3 aromatic heterocycles. The Labute approximate surface area is 222 Å². The Balaban J connectivity index is 1.36. The monoisotopic (exact) mass is 510 g/mol. The molecule has 9 nitrogen and oxygen atoms in total. The number of aromatic nitrogens is 5. The third-order valence-corrected chi connectivity index (χ3v) is 7.81. The van der Waals surface area contributed by atoms with Crippen LogP contribution in [0.5, 0.6) is 0 Å². The van der Waals surface area contributed by atoms with Gasteiger partial charge in [0.2, 0.25) is 5.95 Å². The normalized spacial score (nSPS) is 17.1. The van der Waals surface area contributed by atoms with E-state index >= 15 is 0 Å². The highest BCUT2D eigenvalue weighted by molar-refractivity contribution is 5.77. The lowest BCUT2D eigenvalue weighted by Crippen LogP contribution is -2.44. The number of hydrogen-bond donors (Lipinski definition) is 1. The van der Waals surface area contributed by atoms with E-state index < -0.39 is 0 Å². The molecule has 196 valence electrons. The molecule has 4 heterocycles. The molecule has 0 unspecified atom stereocenters. The summed E-state index contributed by atoms with van der Waals surface area (Å²) < 4.78 is 3.43. The zero-order valence-corrected chi connectivity index (χ0v) is 22.3. The Kier molecular flexibility index (Phi) is 6.03. The summed E-state index contributed by atoms with van der Waals surface area (Å²) in [7, 11) is 2.16. The zero-order chi connectivity index (χ0) is 26.4. The van der Waals surface area contributed by atoms with Crippen LogP contribution < -0.4 is 15.8 Å². The summed E-state index contributed by atoms with van der Waals surface area (Å²) in [5.74, 6) is 1.10. The Bertz CT molecular complexity index is 1560. The maximum Gasteiger partial charge on any atom is 0.278 e. The molecule has 1 aliphatic carbocycles. The number of allylic oxidation sites excluding steroid dienone is 1. The molecule has 0 spiro atoms. The molecule has 4 aromatic rings. The fraction of sp³-hybridized carbons (Fsp3) is 0.379. The molecule has 1 saturated heterocycles. The number of nitrogens with one attached hydrogen (secondary N) is 1. The highest BCUT2D eigenvalue weighted by Crippen LogP contribution is 2.37. The van der Waals surface area contributed by atoms with Gasteiger partial charge >= 0.3 is 0 Å². The van der Waals surface area contributed by atoms with Gasteiger partial charge in [0.15, 0.2) is 11.5 Å². The number of fused-ring (bicyclic) bond motifs is 2. The minimum absolute atomic E-state index is 0.00412. The Morgan fingerprint density at radius 2 is 1.82 bits per heavy atom. The molecular weight excluding hydrogens is 476 g/mol. The standard InChI is InChI=1S/C29H34N8O/c1-5-14-36-27(38)23-19-30-28(31-21-7-9-22(10-8-21)35-17-15-34(4)16-18-35)33-26(23)37(36)24-11-6-20-12-13-29(2,3)25(20)32-24/h5-11,19H,1,12-18H2,2-4H3,(H,30,31,33). The van der Waals surface area contributed by atoms with Gasteiger partial charge in [0.05, 0.1) is 12.2 Å². The first kappa shape index (κ1) is 24.4. The first-order valence-electron chi connectivity index (χ1n) is 13.2. The molecule has 0 bridgehead atoms. The van der Waals surface area contributed by atoms with E-state index in [0.717, 1.165) is 50.4 Å². The Morgan fingerprint density at radius 1 is 1.05 bits per heavy atom. The molecule has 0 radical (unpaired) electrons. The number of pyridine rings is 1. The van der Waals surface area contributed by atoms with Gasteiger partial charge in [-0.2, -0.15) is 4.98 Å². The van der Waals surface area contributed by atoms with Gasteiger partial charge in [-0.15, -0.1) is 6.58 Å². The quantitative estimate of drug-likeness (QED) is 0.394. The number of likely N-dealkylation sites (N-methyl/N-ethyl adjacent to an activating group) is 1. The van der Waals surface area contributed by atoms with Gasteiger partial charge in [0.25, 0.3) is 5.56 Å². The van der Waals surface area contributed by atoms with Crippen LogP contribution in [0.4, 0.5) is 17.3 Å². The van der Waals surface area contributed by atoms with Crippen LogP contribution in [0.25, 0.3) is 16.9 Å². The van der Waals surface area contributed by atoms with E-state index in [1.807, 2.05) is 18.2 Å². The maximum absolute atomic E-state index is 13.3. The van der Waals surface area contributed by atoms with Crippen molar-refractivity contribution >= 4 is 28.4 Å². The van der Waals surface area contributed by atoms with Crippen molar-refractivity contribution in [3.05, 3.63) is 76.9 Å². The van der Waals surface area contributed by atoms with Crippen LogP contribution in [0.2, 0.25) is 0 Å². The van der Waals surface area contributed by atoms with Gasteiger partial charge in [0, 0.05) is 49.2 Å². The van der Waals surface area contributed by atoms with Crippen LogP contribution in [0, 0.1) is 0 Å². The topological polar surface area (TPSA) is 84.1 Å². The summed E-state index contributed by atoms with van der Waals surface area (Å²) in [6.07, 6.45) is 5.39. The van der Waals surface area contributed by atoms with Crippen molar-refractivity contribution < 1.29 is 0 Å². The van der Waals surface area contributed by atoms with Crippen molar-refractivity contribution in [1.82, 2.24) is 29.2 Å². The number of hydrogen-bond acceptors (Lipinski definition) is 7. The van der Waals surface area contributed by atoms with Gasteiger partial charge in [-0.25, -0.2) is 19.3 Å². The van der Waals surface area contributed by atoms with Gasteiger partial charge in [-0.3, -0.25) is 4.79 Å². The van der Waals surface area contributed by atoms with E-state index in [9.17, 15) is 4.79 Å². The third-order valence-electron chi connectivity index (χ3n) is 7.81. The molecule has 2 aliphatic rings. The van der Waals surface area contributed by atoms with E-state index in [1.165, 1.54) is 11.3 Å². The van der Waals surface area contributed by atoms with Crippen LogP contribution >= 0.6 is 0 Å². The van der Waals surface area contributed by atoms with Gasteiger partial charge in [0.1, 0.15) is 5.39 Å². The summed E-state index contributed by atoms with van der Waals surface area (Å²) in [5, 5.41) is 3.76. The number of piperazine rings is 1. The SMILES string of the molecule is C=CCn1c(=O)c2cnc(Nc3ccc(N4CCN(C)CC4)cc3)nc2n1-c1ccc2c(n1)C(C)(C)CC2. The smallest absolute Gasteiger partial charge is 0.278 e. The summed E-state index contributed by atoms with van der Waals surface area (Å²) >= 11 is 0. The number of aryl methyl sites for hydroxylation is 1. The van der Waals surface area contributed by atoms with Crippen molar-refractivity contribution in [2.45, 2.75) is 38.6 Å². The number of nitrogens with zero attached hydrogens (tertiary/aromatic N) is 7. The number of rotatable bonds is 6. The second-order valence-electron chi connectivity index (χ2n) is 10.9. The van der Waals surface area contributed by atoms with Crippen LogP contribution in [-0.4, -0.2) is 62.4 Å². The highest BCUT2D eigenvalue weighted by atomic mass is 16.1. The zero-order valence-electron chi connectivity index (χ0n) is 22.3. The number of anilines is 3. The molecular formula is C29H34N8O. The predicted molar refractivity (Wildman–Crippen MR) is 152 cm³/mol. The van der Waals surface area contributed by atoms with Crippen molar-refractivity contribution in [2.24, 2.45) is 0 Å². The van der Waals surface area contributed by atoms with Crippen LogP contribution in [0.1, 0.15) is 31.5 Å². The summed E-state index contributed by atoms with van der Waals surface area (Å²) in [6, 6.07) is 12.4. The van der Waals surface area contributed by atoms with Crippen LogP contribution in [-0.2, 0) is 18.4 Å². The van der Waals surface area contributed by atoms with Crippen molar-refractivity contribution in [1.29, 1.82) is 0 Å². The predicted octanol–water partition coefficient (Wildman–Crippen LogP) is 3.88. The summed E-state index contributed by atoms with van der Waals surface area (Å²) in [6.45, 7) is 12.8. The molecule has 1 N–H and O–H groups in total. The Hall–Kier alpha value is -3.98. The maximum atomic E-state index is 13.3. The molecule has 38 heavy (non-hydrogen) atoms. The lowest BCUT2D eigenvalue weighted by Gasteiger charge is -2.34. The lowest BCUT2D eigenvalue weighted by atomic mass is 9.90. The van der Waals surface area contributed by atoms with Gasteiger partial charge in [-0.05, 0) is 55.8 Å². The van der Waals surface area contributed by atoms with Crippen LogP contribution in [0.3, 0.4) is 0 Å². The van der Waals surface area contributed by atoms with E-state index in [1.54, 1.807) is 21.6 Å². The van der Waals surface area contributed by atoms with Crippen molar-refractivity contribution in [2.75, 3.05) is 43.4 Å². The summed E-state index contributed by atoms with van der Waals surface area (Å²) in [4.78, 5) is 32.3. The second kappa shape index (κ2) is 9.40. The highest BCUT2D eigenvalue weighted by Gasteiger charge is 2.32. The van der Waals surface area contributed by atoms with Crippen molar-refractivity contribution in [3.63, 3.8) is 0 Å². The minimum Gasteiger partial charge on any atom is -0.369 e. The van der Waals surface area contributed by atoms with Crippen molar-refractivity contribution in [3.8, 4) is 5.82 Å². The fourth-order valence-corrected chi connectivity index (χ4v) is 5.51. The first-order chi connectivity index (χ1) is 18.3. The summed E-state index contributed by atoms with van der Waals surface area (Å²) in [5.41, 5.74) is 4.80. The molecule has 1 fully saturated rings. The fourth-order valence-electron chi connectivity index (χ4n) is 5.51. The third kappa shape index (κ3) is 4.26.